The highest BCUT2D eigenvalue weighted by atomic mass is 14.0. The second kappa shape index (κ2) is 5.43. The lowest BCUT2D eigenvalue weighted by atomic mass is 10.0. The third kappa shape index (κ3) is 3.80. The molecule has 68 valence electrons. The van der Waals surface area contributed by atoms with Crippen molar-refractivity contribution >= 4 is 0 Å². The molecule has 0 saturated carbocycles. The van der Waals surface area contributed by atoms with Gasteiger partial charge in [-0.25, -0.2) is 0 Å². The van der Waals surface area contributed by atoms with Crippen LogP contribution in [0.5, 0.6) is 0 Å². The first kappa shape index (κ1) is 9.86. The van der Waals surface area contributed by atoms with Crippen molar-refractivity contribution in [3.05, 3.63) is 35.5 Å². The maximum Gasteiger partial charge on any atom is 0.0296 e. The minimum absolute atomic E-state index is 0.764. The fourth-order valence-electron chi connectivity index (χ4n) is 1.35. The highest BCUT2D eigenvalue weighted by Gasteiger charge is 1.97. The van der Waals surface area contributed by atoms with E-state index in [0.29, 0.717) is 0 Å². The van der Waals surface area contributed by atoms with Crippen molar-refractivity contribution in [3.8, 4) is 12.3 Å². The quantitative estimate of drug-likeness (QED) is 0.441. The van der Waals surface area contributed by atoms with Gasteiger partial charge in [0.1, 0.15) is 0 Å². The van der Waals surface area contributed by atoms with Gasteiger partial charge in [0.05, 0.1) is 0 Å². The van der Waals surface area contributed by atoms with Crippen LogP contribution in [0.4, 0.5) is 0 Å². The molecule has 0 aromatic carbocycles. The SMILES string of the molecule is C#CC/C(C)=C\C=C1/CC=CCC1. The zero-order valence-corrected chi connectivity index (χ0v) is 8.22. The fraction of sp³-hybridized carbons (Fsp3) is 0.385. The minimum atomic E-state index is 0.764. The first-order valence-electron chi connectivity index (χ1n) is 4.76. The van der Waals surface area contributed by atoms with Gasteiger partial charge in [-0.2, -0.15) is 0 Å². The largest absolute Gasteiger partial charge is 0.120 e. The topological polar surface area (TPSA) is 0 Å². The molecule has 0 heterocycles. The van der Waals surface area contributed by atoms with Crippen LogP contribution in [0.2, 0.25) is 0 Å². The normalized spacial score (nSPS) is 20.3. The molecule has 0 saturated heterocycles. The average molecular weight is 172 g/mol. The molecule has 1 aliphatic rings. The van der Waals surface area contributed by atoms with Gasteiger partial charge < -0.3 is 0 Å². The molecule has 0 fully saturated rings. The van der Waals surface area contributed by atoms with E-state index in [2.05, 4.69) is 37.1 Å². The molecule has 0 bridgehead atoms. The summed E-state index contributed by atoms with van der Waals surface area (Å²) in [7, 11) is 0. The summed E-state index contributed by atoms with van der Waals surface area (Å²) in [6.07, 6.45) is 18.3. The van der Waals surface area contributed by atoms with Gasteiger partial charge in [0.15, 0.2) is 0 Å². The van der Waals surface area contributed by atoms with Crippen LogP contribution in [-0.4, -0.2) is 0 Å². The maximum atomic E-state index is 5.22. The zero-order valence-electron chi connectivity index (χ0n) is 8.22. The molecule has 0 nitrogen and oxygen atoms in total. The molecule has 0 heteroatoms. The Kier molecular flexibility index (Phi) is 4.12. The van der Waals surface area contributed by atoms with Crippen LogP contribution in [-0.2, 0) is 0 Å². The molecule has 1 rings (SSSR count). The molecule has 0 radical (unpaired) electrons. The smallest absolute Gasteiger partial charge is 0.0296 e. The number of allylic oxidation sites excluding steroid dienone is 6. The summed E-state index contributed by atoms with van der Waals surface area (Å²) in [5.41, 5.74) is 2.78. The van der Waals surface area contributed by atoms with Gasteiger partial charge >= 0.3 is 0 Å². The van der Waals surface area contributed by atoms with Gasteiger partial charge in [-0.3, -0.25) is 0 Å². The van der Waals surface area contributed by atoms with Crippen LogP contribution in [0.25, 0.3) is 0 Å². The summed E-state index contributed by atoms with van der Waals surface area (Å²) >= 11 is 0. The van der Waals surface area contributed by atoms with Gasteiger partial charge in [0.2, 0.25) is 0 Å². The molecular formula is C13H16. The number of hydrogen-bond donors (Lipinski definition) is 0. The van der Waals surface area contributed by atoms with Crippen LogP contribution in [0.15, 0.2) is 35.5 Å². The zero-order chi connectivity index (χ0) is 9.52. The molecule has 0 amide bonds. The molecule has 0 aliphatic heterocycles. The van der Waals surface area contributed by atoms with Gasteiger partial charge in [0.25, 0.3) is 0 Å². The number of terminal acetylenes is 1. The van der Waals surface area contributed by atoms with E-state index in [0.717, 1.165) is 12.8 Å². The summed E-state index contributed by atoms with van der Waals surface area (Å²) < 4.78 is 0. The predicted octanol–water partition coefficient (Wildman–Crippen LogP) is 3.62. The molecular weight excluding hydrogens is 156 g/mol. The van der Waals surface area contributed by atoms with Crippen molar-refractivity contribution in [2.45, 2.75) is 32.6 Å². The van der Waals surface area contributed by atoms with Crippen LogP contribution in [0.3, 0.4) is 0 Å². The third-order valence-corrected chi connectivity index (χ3v) is 2.16. The molecule has 0 aromatic heterocycles. The Morgan fingerprint density at radius 3 is 3.08 bits per heavy atom. The highest BCUT2D eigenvalue weighted by molar-refractivity contribution is 5.22. The Hall–Kier alpha value is -1.22. The predicted molar refractivity (Wildman–Crippen MR) is 58.3 cm³/mol. The van der Waals surface area contributed by atoms with Crippen LogP contribution < -0.4 is 0 Å². The summed E-state index contributed by atoms with van der Waals surface area (Å²) in [5.74, 6) is 2.64. The van der Waals surface area contributed by atoms with Crippen molar-refractivity contribution in [3.63, 3.8) is 0 Å². The Morgan fingerprint density at radius 1 is 1.62 bits per heavy atom. The van der Waals surface area contributed by atoms with Crippen molar-refractivity contribution in [2.24, 2.45) is 0 Å². The lowest BCUT2D eigenvalue weighted by Gasteiger charge is -2.06. The number of hydrogen-bond acceptors (Lipinski definition) is 0. The van der Waals surface area contributed by atoms with Crippen molar-refractivity contribution in [2.75, 3.05) is 0 Å². The van der Waals surface area contributed by atoms with E-state index in [1.165, 1.54) is 24.0 Å². The van der Waals surface area contributed by atoms with Crippen LogP contribution >= 0.6 is 0 Å². The van der Waals surface area contributed by atoms with Gasteiger partial charge in [-0.05, 0) is 26.2 Å². The molecule has 0 unspecified atom stereocenters. The van der Waals surface area contributed by atoms with Gasteiger partial charge in [-0.1, -0.05) is 35.5 Å². The Bertz CT molecular complexity index is 282. The highest BCUT2D eigenvalue weighted by Crippen LogP contribution is 2.17. The molecule has 13 heavy (non-hydrogen) atoms. The third-order valence-electron chi connectivity index (χ3n) is 2.16. The second-order valence-corrected chi connectivity index (χ2v) is 3.43. The summed E-state index contributed by atoms with van der Waals surface area (Å²) in [5, 5.41) is 0. The van der Waals surface area contributed by atoms with Crippen molar-refractivity contribution in [1.82, 2.24) is 0 Å². The van der Waals surface area contributed by atoms with Crippen molar-refractivity contribution < 1.29 is 0 Å². The van der Waals surface area contributed by atoms with E-state index >= 15 is 0 Å². The van der Waals surface area contributed by atoms with Crippen LogP contribution in [0, 0.1) is 12.3 Å². The van der Waals surface area contributed by atoms with Gasteiger partial charge in [0, 0.05) is 6.42 Å². The monoisotopic (exact) mass is 172 g/mol. The molecule has 0 atom stereocenters. The minimum Gasteiger partial charge on any atom is -0.120 e. The fourth-order valence-corrected chi connectivity index (χ4v) is 1.35. The maximum absolute atomic E-state index is 5.22. The Labute approximate surface area is 81.0 Å². The summed E-state index contributed by atoms with van der Waals surface area (Å²) in [6.45, 7) is 2.08. The summed E-state index contributed by atoms with van der Waals surface area (Å²) in [6, 6.07) is 0. The van der Waals surface area contributed by atoms with E-state index in [1.54, 1.807) is 0 Å². The van der Waals surface area contributed by atoms with E-state index < -0.39 is 0 Å². The van der Waals surface area contributed by atoms with E-state index in [9.17, 15) is 0 Å². The first-order chi connectivity index (χ1) is 6.33. The van der Waals surface area contributed by atoms with E-state index in [1.807, 2.05) is 0 Å². The average Bonchev–Trinajstić information content (AvgIpc) is 2.17. The van der Waals surface area contributed by atoms with Crippen LogP contribution in [0.1, 0.15) is 32.6 Å². The molecule has 0 N–H and O–H groups in total. The Balaban J connectivity index is 2.51. The lowest BCUT2D eigenvalue weighted by molar-refractivity contribution is 0.899. The van der Waals surface area contributed by atoms with E-state index in [-0.39, 0.29) is 0 Å². The Morgan fingerprint density at radius 2 is 2.46 bits per heavy atom. The van der Waals surface area contributed by atoms with Gasteiger partial charge in [-0.15, -0.1) is 12.3 Å². The molecule has 0 aromatic rings. The molecule has 0 spiro atoms. The lowest BCUT2D eigenvalue weighted by Crippen LogP contribution is -1.86. The summed E-state index contributed by atoms with van der Waals surface area (Å²) in [4.78, 5) is 0. The standard InChI is InChI=1S/C13H16/c1-3-7-12(2)10-11-13-8-5-4-6-9-13/h1,4-5,10-11H,6-9H2,2H3/b12-10-,13-11+. The second-order valence-electron chi connectivity index (χ2n) is 3.43. The number of rotatable bonds is 2. The molecule has 1 aliphatic carbocycles. The first-order valence-corrected chi connectivity index (χ1v) is 4.76. The van der Waals surface area contributed by atoms with E-state index in [4.69, 9.17) is 6.42 Å². The van der Waals surface area contributed by atoms with Crippen molar-refractivity contribution in [1.29, 1.82) is 0 Å².